The third kappa shape index (κ3) is 2.98. The Kier molecular flexibility index (Phi) is 4.00. The van der Waals surface area contributed by atoms with Crippen LogP contribution in [-0.4, -0.2) is 4.98 Å². The summed E-state index contributed by atoms with van der Waals surface area (Å²) in [6, 6.07) is 30.7. The van der Waals surface area contributed by atoms with Gasteiger partial charge in [0.2, 0.25) is 0 Å². The number of fused-ring (bicyclic) bond motifs is 2. The highest BCUT2D eigenvalue weighted by atomic mass is 35.5. The number of pyridine rings is 1. The van der Waals surface area contributed by atoms with E-state index in [1.54, 1.807) is 6.07 Å². The summed E-state index contributed by atoms with van der Waals surface area (Å²) in [6.45, 7) is 0. The predicted octanol–water partition coefficient (Wildman–Crippen LogP) is 6.96. The lowest BCUT2D eigenvalue weighted by atomic mass is 10.0. The standard InChI is InChI=1S/C25H17ClN2/c26-21-10-11-23(27)22(15-21)19-7-6-17-9-12-24(28-25(17)14-19)20-8-5-16-3-1-2-4-18(16)13-20/h1-15H,27H2. The van der Waals surface area contributed by atoms with Gasteiger partial charge >= 0.3 is 0 Å². The first-order valence-electron chi connectivity index (χ1n) is 9.13. The van der Waals surface area contributed by atoms with E-state index < -0.39 is 0 Å². The number of aromatic nitrogens is 1. The first kappa shape index (κ1) is 16.8. The Labute approximate surface area is 168 Å². The van der Waals surface area contributed by atoms with Crippen LogP contribution in [0.3, 0.4) is 0 Å². The molecule has 0 saturated heterocycles. The molecule has 5 rings (SSSR count). The molecule has 1 heterocycles. The van der Waals surface area contributed by atoms with Crippen molar-refractivity contribution in [2.45, 2.75) is 0 Å². The number of anilines is 1. The highest BCUT2D eigenvalue weighted by Gasteiger charge is 2.07. The zero-order valence-corrected chi connectivity index (χ0v) is 15.8. The van der Waals surface area contributed by atoms with Gasteiger partial charge in [0.15, 0.2) is 0 Å². The van der Waals surface area contributed by atoms with Crippen molar-refractivity contribution in [2.75, 3.05) is 5.73 Å². The topological polar surface area (TPSA) is 38.9 Å². The number of hydrogen-bond donors (Lipinski definition) is 1. The van der Waals surface area contributed by atoms with Gasteiger partial charge in [0.25, 0.3) is 0 Å². The quantitative estimate of drug-likeness (QED) is 0.336. The first-order chi connectivity index (χ1) is 13.7. The van der Waals surface area contributed by atoms with Crippen molar-refractivity contribution in [3.63, 3.8) is 0 Å². The molecule has 0 aliphatic rings. The number of nitrogen functional groups attached to an aromatic ring is 1. The first-order valence-corrected chi connectivity index (χ1v) is 9.50. The van der Waals surface area contributed by atoms with Gasteiger partial charge < -0.3 is 5.73 Å². The Balaban J connectivity index is 1.64. The van der Waals surface area contributed by atoms with Crippen molar-refractivity contribution in [1.82, 2.24) is 4.98 Å². The van der Waals surface area contributed by atoms with Crippen LogP contribution in [0, 0.1) is 0 Å². The summed E-state index contributed by atoms with van der Waals surface area (Å²) in [5.74, 6) is 0. The monoisotopic (exact) mass is 380 g/mol. The van der Waals surface area contributed by atoms with Crippen molar-refractivity contribution < 1.29 is 0 Å². The smallest absolute Gasteiger partial charge is 0.0715 e. The predicted molar refractivity (Wildman–Crippen MR) is 120 cm³/mol. The molecule has 0 fully saturated rings. The largest absolute Gasteiger partial charge is 0.398 e. The molecule has 5 aromatic rings. The minimum absolute atomic E-state index is 0.669. The van der Waals surface area contributed by atoms with Gasteiger partial charge in [-0.15, -0.1) is 0 Å². The lowest BCUT2D eigenvalue weighted by Gasteiger charge is -2.09. The van der Waals surface area contributed by atoms with Crippen LogP contribution in [0.15, 0.2) is 91.0 Å². The fourth-order valence-electron chi connectivity index (χ4n) is 3.57. The third-order valence-electron chi connectivity index (χ3n) is 5.06. The average molecular weight is 381 g/mol. The van der Waals surface area contributed by atoms with Crippen LogP contribution in [0.1, 0.15) is 0 Å². The van der Waals surface area contributed by atoms with Crippen molar-refractivity contribution in [3.8, 4) is 22.4 Å². The molecule has 0 aliphatic heterocycles. The number of halogens is 1. The highest BCUT2D eigenvalue weighted by Crippen LogP contribution is 2.32. The molecule has 2 N–H and O–H groups in total. The highest BCUT2D eigenvalue weighted by molar-refractivity contribution is 6.31. The van der Waals surface area contributed by atoms with E-state index in [2.05, 4.69) is 72.8 Å². The van der Waals surface area contributed by atoms with Gasteiger partial charge in [0, 0.05) is 27.2 Å². The van der Waals surface area contributed by atoms with Crippen LogP contribution in [0.2, 0.25) is 5.02 Å². The number of hydrogen-bond acceptors (Lipinski definition) is 2. The molecule has 134 valence electrons. The molecule has 1 aromatic heterocycles. The van der Waals surface area contributed by atoms with Gasteiger partial charge in [0.05, 0.1) is 11.2 Å². The number of rotatable bonds is 2. The van der Waals surface area contributed by atoms with Gasteiger partial charge in [-0.05, 0) is 52.7 Å². The summed E-state index contributed by atoms with van der Waals surface area (Å²) in [5, 5.41) is 4.20. The Morgan fingerprint density at radius 3 is 2.29 bits per heavy atom. The van der Waals surface area contributed by atoms with Crippen LogP contribution in [-0.2, 0) is 0 Å². The fraction of sp³-hybridized carbons (Fsp3) is 0. The van der Waals surface area contributed by atoms with Gasteiger partial charge in [-0.3, -0.25) is 0 Å². The molecule has 0 radical (unpaired) electrons. The van der Waals surface area contributed by atoms with E-state index in [-0.39, 0.29) is 0 Å². The summed E-state index contributed by atoms with van der Waals surface area (Å²) < 4.78 is 0. The SMILES string of the molecule is Nc1ccc(Cl)cc1-c1ccc2ccc(-c3ccc4ccccc4c3)nc2c1. The maximum absolute atomic E-state index is 6.17. The molecule has 0 unspecified atom stereocenters. The normalized spacial score (nSPS) is 11.2. The molecule has 2 nitrogen and oxygen atoms in total. The van der Waals surface area contributed by atoms with Gasteiger partial charge in [-0.25, -0.2) is 4.98 Å². The van der Waals surface area contributed by atoms with Crippen LogP contribution < -0.4 is 5.73 Å². The summed E-state index contributed by atoms with van der Waals surface area (Å²) >= 11 is 6.17. The van der Waals surface area contributed by atoms with E-state index in [9.17, 15) is 0 Å². The van der Waals surface area contributed by atoms with Crippen molar-refractivity contribution in [2.24, 2.45) is 0 Å². The number of nitrogens with zero attached hydrogens (tertiary/aromatic N) is 1. The maximum atomic E-state index is 6.17. The molecular weight excluding hydrogens is 364 g/mol. The van der Waals surface area contributed by atoms with E-state index in [0.717, 1.165) is 33.3 Å². The van der Waals surface area contributed by atoms with E-state index >= 15 is 0 Å². The average Bonchev–Trinajstić information content (AvgIpc) is 2.74. The summed E-state index contributed by atoms with van der Waals surface area (Å²) in [4.78, 5) is 4.92. The molecule has 0 saturated carbocycles. The zero-order chi connectivity index (χ0) is 19.1. The van der Waals surface area contributed by atoms with E-state index in [1.165, 1.54) is 10.8 Å². The summed E-state index contributed by atoms with van der Waals surface area (Å²) in [6.07, 6.45) is 0. The second-order valence-electron chi connectivity index (χ2n) is 6.90. The fourth-order valence-corrected chi connectivity index (χ4v) is 3.74. The molecule has 0 bridgehead atoms. The van der Waals surface area contributed by atoms with Crippen LogP contribution in [0.5, 0.6) is 0 Å². The van der Waals surface area contributed by atoms with Crippen LogP contribution in [0.4, 0.5) is 5.69 Å². The Morgan fingerprint density at radius 1 is 0.643 bits per heavy atom. The van der Waals surface area contributed by atoms with E-state index in [1.807, 2.05) is 12.1 Å². The molecular formula is C25H17ClN2. The molecule has 0 aliphatic carbocycles. The minimum atomic E-state index is 0.669. The number of benzene rings is 4. The molecule has 28 heavy (non-hydrogen) atoms. The van der Waals surface area contributed by atoms with Gasteiger partial charge in [0.1, 0.15) is 0 Å². The second kappa shape index (κ2) is 6.66. The molecule has 0 atom stereocenters. The van der Waals surface area contributed by atoms with Crippen LogP contribution >= 0.6 is 11.6 Å². The lowest BCUT2D eigenvalue weighted by Crippen LogP contribution is -1.91. The third-order valence-corrected chi connectivity index (χ3v) is 5.30. The zero-order valence-electron chi connectivity index (χ0n) is 15.1. The van der Waals surface area contributed by atoms with E-state index in [4.69, 9.17) is 22.3 Å². The summed E-state index contributed by atoms with van der Waals surface area (Å²) in [5.41, 5.74) is 11.8. The Hall–Kier alpha value is -3.36. The molecule has 3 heteroatoms. The number of nitrogens with two attached hydrogens (primary N) is 1. The maximum Gasteiger partial charge on any atom is 0.0715 e. The Morgan fingerprint density at radius 2 is 1.39 bits per heavy atom. The van der Waals surface area contributed by atoms with Crippen molar-refractivity contribution in [3.05, 3.63) is 96.0 Å². The van der Waals surface area contributed by atoms with Crippen molar-refractivity contribution in [1.29, 1.82) is 0 Å². The van der Waals surface area contributed by atoms with Gasteiger partial charge in [-0.2, -0.15) is 0 Å². The molecule has 0 amide bonds. The lowest BCUT2D eigenvalue weighted by molar-refractivity contribution is 1.40. The van der Waals surface area contributed by atoms with Gasteiger partial charge in [-0.1, -0.05) is 66.2 Å². The Bertz CT molecular complexity index is 1340. The van der Waals surface area contributed by atoms with E-state index in [0.29, 0.717) is 10.7 Å². The molecule has 0 spiro atoms. The summed E-state index contributed by atoms with van der Waals surface area (Å²) in [7, 11) is 0. The molecule has 4 aromatic carbocycles. The van der Waals surface area contributed by atoms with Crippen molar-refractivity contribution >= 4 is 39.0 Å². The minimum Gasteiger partial charge on any atom is -0.398 e. The van der Waals surface area contributed by atoms with Crippen LogP contribution in [0.25, 0.3) is 44.1 Å². The second-order valence-corrected chi connectivity index (χ2v) is 7.33.